The van der Waals surface area contributed by atoms with Crippen LogP contribution in [0.4, 0.5) is 0 Å². The summed E-state index contributed by atoms with van der Waals surface area (Å²) >= 11 is 5.84. The number of carbonyl (C=O) groups is 2. The molecular formula is C16H15ClN2O4. The van der Waals surface area contributed by atoms with Gasteiger partial charge < -0.3 is 14.8 Å². The van der Waals surface area contributed by atoms with E-state index < -0.39 is 11.5 Å². The molecule has 0 atom stereocenters. The Kier molecular flexibility index (Phi) is 4.09. The van der Waals surface area contributed by atoms with Gasteiger partial charge in [0.05, 0.1) is 6.20 Å². The molecule has 0 aliphatic heterocycles. The number of carboxylic acids is 1. The summed E-state index contributed by atoms with van der Waals surface area (Å²) in [4.78, 5) is 27.0. The fourth-order valence-corrected chi connectivity index (χ4v) is 2.37. The lowest BCUT2D eigenvalue weighted by atomic mass is 10.2. The first-order chi connectivity index (χ1) is 11.0. The molecule has 1 aliphatic carbocycles. The zero-order valence-corrected chi connectivity index (χ0v) is 13.0. The van der Waals surface area contributed by atoms with Crippen molar-refractivity contribution in [3.63, 3.8) is 0 Å². The quantitative estimate of drug-likeness (QED) is 0.847. The molecule has 1 aromatic heterocycles. The van der Waals surface area contributed by atoms with Crippen molar-refractivity contribution in [2.75, 3.05) is 0 Å². The number of aliphatic carboxylic acids is 1. The molecule has 0 bridgehead atoms. The largest absolute Gasteiger partial charge is 0.480 e. The lowest BCUT2D eigenvalue weighted by Gasteiger charge is -2.11. The highest BCUT2D eigenvalue weighted by molar-refractivity contribution is 6.30. The summed E-state index contributed by atoms with van der Waals surface area (Å²) in [5.74, 6) is -0.255. The predicted octanol–water partition coefficient (Wildman–Crippen LogP) is 2.66. The van der Waals surface area contributed by atoms with Crippen molar-refractivity contribution in [3.05, 3.63) is 41.4 Å². The maximum absolute atomic E-state index is 11.8. The highest BCUT2D eigenvalue weighted by Gasteiger charge is 2.51. The topological polar surface area (TPSA) is 92.4 Å². The van der Waals surface area contributed by atoms with Crippen LogP contribution in [0.1, 0.15) is 25.2 Å². The second kappa shape index (κ2) is 6.04. The Labute approximate surface area is 137 Å². The predicted molar refractivity (Wildman–Crippen MR) is 83.0 cm³/mol. The number of oxazole rings is 1. The third-order valence-electron chi connectivity index (χ3n) is 3.79. The van der Waals surface area contributed by atoms with Crippen LogP contribution in [0.3, 0.4) is 0 Å². The molecule has 0 spiro atoms. The molecule has 3 rings (SSSR count). The number of amides is 1. The summed E-state index contributed by atoms with van der Waals surface area (Å²) in [6.07, 6.45) is 3.00. The Bertz CT molecular complexity index is 735. The van der Waals surface area contributed by atoms with E-state index in [2.05, 4.69) is 10.3 Å². The molecule has 120 valence electrons. The molecule has 0 unspecified atom stereocenters. The molecule has 1 saturated carbocycles. The second-order valence-electron chi connectivity index (χ2n) is 5.56. The van der Waals surface area contributed by atoms with Gasteiger partial charge in [0.25, 0.3) is 0 Å². The molecule has 6 nitrogen and oxygen atoms in total. The highest BCUT2D eigenvalue weighted by atomic mass is 35.5. The van der Waals surface area contributed by atoms with Crippen LogP contribution in [-0.2, 0) is 16.0 Å². The zero-order valence-electron chi connectivity index (χ0n) is 12.2. The normalized spacial score (nSPS) is 15.2. The van der Waals surface area contributed by atoms with Gasteiger partial charge in [0.1, 0.15) is 5.54 Å². The van der Waals surface area contributed by atoms with Gasteiger partial charge in [-0.3, -0.25) is 4.79 Å². The van der Waals surface area contributed by atoms with Crippen LogP contribution in [0, 0.1) is 0 Å². The number of aryl methyl sites for hydroxylation is 1. The summed E-state index contributed by atoms with van der Waals surface area (Å²) in [6, 6.07) is 7.16. The molecule has 1 heterocycles. The number of nitrogens with zero attached hydrogens (tertiary/aromatic N) is 1. The molecule has 1 fully saturated rings. The van der Waals surface area contributed by atoms with E-state index in [9.17, 15) is 9.59 Å². The Balaban J connectivity index is 1.56. The van der Waals surface area contributed by atoms with Crippen molar-refractivity contribution in [1.82, 2.24) is 10.3 Å². The summed E-state index contributed by atoms with van der Waals surface area (Å²) in [5, 5.41) is 12.2. The SMILES string of the molecule is O=C(CCc1ncc(-c2ccc(Cl)cc2)o1)NC1(C(=O)O)CC1. The number of rotatable bonds is 6. The maximum atomic E-state index is 11.8. The molecule has 1 aromatic carbocycles. The standard InChI is InChI=1S/C16H15ClN2O4/c17-11-3-1-10(2-4-11)12-9-18-14(23-12)6-5-13(20)19-16(7-8-16)15(21)22/h1-4,9H,5-8H2,(H,19,20)(H,21,22). The van der Waals surface area contributed by atoms with Crippen molar-refractivity contribution in [1.29, 1.82) is 0 Å². The van der Waals surface area contributed by atoms with Gasteiger partial charge in [0, 0.05) is 23.4 Å². The first-order valence-electron chi connectivity index (χ1n) is 7.24. The van der Waals surface area contributed by atoms with Gasteiger partial charge in [-0.25, -0.2) is 9.78 Å². The van der Waals surface area contributed by atoms with Crippen molar-refractivity contribution in [3.8, 4) is 11.3 Å². The van der Waals surface area contributed by atoms with Gasteiger partial charge in [-0.2, -0.15) is 0 Å². The molecule has 2 N–H and O–H groups in total. The summed E-state index contributed by atoms with van der Waals surface area (Å²) in [7, 11) is 0. The first-order valence-corrected chi connectivity index (χ1v) is 7.61. The molecule has 0 saturated heterocycles. The molecule has 2 aromatic rings. The van der Waals surface area contributed by atoms with Crippen molar-refractivity contribution >= 4 is 23.5 Å². The number of hydrogen-bond donors (Lipinski definition) is 2. The highest BCUT2D eigenvalue weighted by Crippen LogP contribution is 2.35. The number of hydrogen-bond acceptors (Lipinski definition) is 4. The minimum atomic E-state index is -1.05. The van der Waals surface area contributed by atoms with Crippen LogP contribution in [0.25, 0.3) is 11.3 Å². The first kappa shape index (κ1) is 15.6. The molecule has 1 amide bonds. The van der Waals surface area contributed by atoms with Crippen LogP contribution in [0.5, 0.6) is 0 Å². The van der Waals surface area contributed by atoms with Gasteiger partial charge in [0.2, 0.25) is 5.91 Å². The van der Waals surface area contributed by atoms with Gasteiger partial charge in [-0.1, -0.05) is 11.6 Å². The van der Waals surface area contributed by atoms with Gasteiger partial charge >= 0.3 is 5.97 Å². The van der Waals surface area contributed by atoms with E-state index in [0.29, 0.717) is 35.9 Å². The van der Waals surface area contributed by atoms with Crippen LogP contribution < -0.4 is 5.32 Å². The number of halogens is 1. The van der Waals surface area contributed by atoms with Crippen LogP contribution >= 0.6 is 11.6 Å². The minimum Gasteiger partial charge on any atom is -0.480 e. The van der Waals surface area contributed by atoms with Crippen molar-refractivity contribution < 1.29 is 19.1 Å². The monoisotopic (exact) mass is 334 g/mol. The van der Waals surface area contributed by atoms with Gasteiger partial charge in [0.15, 0.2) is 11.7 Å². The van der Waals surface area contributed by atoms with Gasteiger partial charge in [-0.15, -0.1) is 0 Å². The lowest BCUT2D eigenvalue weighted by molar-refractivity contribution is -0.143. The Morgan fingerprint density at radius 2 is 2.00 bits per heavy atom. The molecule has 1 aliphatic rings. The smallest absolute Gasteiger partial charge is 0.329 e. The van der Waals surface area contributed by atoms with E-state index in [-0.39, 0.29) is 12.3 Å². The molecule has 7 heteroatoms. The van der Waals surface area contributed by atoms with E-state index >= 15 is 0 Å². The Hall–Kier alpha value is -2.34. The number of carboxylic acid groups (broad SMARTS) is 1. The Morgan fingerprint density at radius 1 is 1.30 bits per heavy atom. The minimum absolute atomic E-state index is 0.135. The molecule has 23 heavy (non-hydrogen) atoms. The maximum Gasteiger partial charge on any atom is 0.329 e. The Morgan fingerprint density at radius 3 is 2.61 bits per heavy atom. The number of aromatic nitrogens is 1. The van der Waals surface area contributed by atoms with Gasteiger partial charge in [-0.05, 0) is 37.1 Å². The summed E-state index contributed by atoms with van der Waals surface area (Å²) in [5.41, 5.74) is -0.206. The van der Waals surface area contributed by atoms with Crippen LogP contribution in [-0.4, -0.2) is 27.5 Å². The fraction of sp³-hybridized carbons (Fsp3) is 0.312. The van der Waals surface area contributed by atoms with E-state index in [1.54, 1.807) is 18.3 Å². The van der Waals surface area contributed by atoms with Crippen molar-refractivity contribution in [2.45, 2.75) is 31.2 Å². The zero-order chi connectivity index (χ0) is 16.4. The van der Waals surface area contributed by atoms with E-state index in [0.717, 1.165) is 5.56 Å². The average Bonchev–Trinajstić information content (AvgIpc) is 3.15. The third-order valence-corrected chi connectivity index (χ3v) is 4.04. The number of nitrogens with one attached hydrogen (secondary N) is 1. The van der Waals surface area contributed by atoms with Crippen molar-refractivity contribution in [2.24, 2.45) is 0 Å². The summed E-state index contributed by atoms with van der Waals surface area (Å²) < 4.78 is 5.60. The summed E-state index contributed by atoms with van der Waals surface area (Å²) in [6.45, 7) is 0. The molecular weight excluding hydrogens is 320 g/mol. The van der Waals surface area contributed by atoms with Crippen LogP contribution in [0.15, 0.2) is 34.9 Å². The number of benzene rings is 1. The number of carbonyl (C=O) groups excluding carboxylic acids is 1. The fourth-order valence-electron chi connectivity index (χ4n) is 2.24. The van der Waals surface area contributed by atoms with E-state index in [1.807, 2.05) is 12.1 Å². The molecule has 0 radical (unpaired) electrons. The second-order valence-corrected chi connectivity index (χ2v) is 6.00. The van der Waals surface area contributed by atoms with E-state index in [4.69, 9.17) is 21.1 Å². The lowest BCUT2D eigenvalue weighted by Crippen LogP contribution is -2.43. The third kappa shape index (κ3) is 3.53. The average molecular weight is 335 g/mol. The van der Waals surface area contributed by atoms with Crippen LogP contribution in [0.2, 0.25) is 5.02 Å². The van der Waals surface area contributed by atoms with E-state index in [1.165, 1.54) is 0 Å².